The number of hydrogen-bond acceptors (Lipinski definition) is 4. The topological polar surface area (TPSA) is 106 Å². The molecule has 3 N–H and O–H groups in total. The maximum absolute atomic E-state index is 11.8. The van der Waals surface area contributed by atoms with E-state index < -0.39 is 27.6 Å². The zero-order chi connectivity index (χ0) is 14.3. The average molecular weight is 278 g/mol. The zero-order valence-corrected chi connectivity index (χ0v) is 11.9. The molecule has 0 aromatic heterocycles. The number of nitrogens with one attached hydrogen (secondary N) is 1. The van der Waals surface area contributed by atoms with Crippen molar-refractivity contribution in [3.8, 4) is 0 Å². The van der Waals surface area contributed by atoms with Crippen LogP contribution in [-0.2, 0) is 19.4 Å². The van der Waals surface area contributed by atoms with Crippen molar-refractivity contribution in [1.82, 2.24) is 5.32 Å². The SMILES string of the molecule is CNC(=O)C(CC(N)=O)CS(=O)(=O)CCC(C)C. The van der Waals surface area contributed by atoms with Crippen LogP contribution in [-0.4, -0.2) is 38.8 Å². The number of rotatable bonds is 8. The second-order valence-electron chi connectivity index (χ2n) is 4.78. The van der Waals surface area contributed by atoms with E-state index in [9.17, 15) is 18.0 Å². The largest absolute Gasteiger partial charge is 0.370 e. The van der Waals surface area contributed by atoms with Crippen molar-refractivity contribution in [2.24, 2.45) is 17.6 Å². The van der Waals surface area contributed by atoms with Crippen LogP contribution in [0.15, 0.2) is 0 Å². The molecule has 0 aromatic rings. The maximum atomic E-state index is 11.8. The van der Waals surface area contributed by atoms with E-state index in [0.29, 0.717) is 6.42 Å². The Kier molecular flexibility index (Phi) is 6.90. The number of amides is 2. The van der Waals surface area contributed by atoms with Crippen molar-refractivity contribution in [2.75, 3.05) is 18.6 Å². The predicted molar refractivity (Wildman–Crippen MR) is 69.5 cm³/mol. The quantitative estimate of drug-likeness (QED) is 0.635. The molecule has 1 unspecified atom stereocenters. The van der Waals surface area contributed by atoms with Crippen LogP contribution in [0.4, 0.5) is 0 Å². The smallest absolute Gasteiger partial charge is 0.224 e. The summed E-state index contributed by atoms with van der Waals surface area (Å²) < 4.78 is 23.6. The molecule has 1 atom stereocenters. The van der Waals surface area contributed by atoms with Gasteiger partial charge in [-0.3, -0.25) is 9.59 Å². The number of hydrogen-bond donors (Lipinski definition) is 2. The van der Waals surface area contributed by atoms with Crippen molar-refractivity contribution < 1.29 is 18.0 Å². The van der Waals surface area contributed by atoms with E-state index in [-0.39, 0.29) is 23.8 Å². The van der Waals surface area contributed by atoms with Crippen LogP contribution >= 0.6 is 0 Å². The van der Waals surface area contributed by atoms with Gasteiger partial charge in [-0.2, -0.15) is 0 Å². The second kappa shape index (κ2) is 7.35. The predicted octanol–water partition coefficient (Wildman–Crippen LogP) is -0.315. The van der Waals surface area contributed by atoms with E-state index in [1.54, 1.807) is 0 Å². The Balaban J connectivity index is 4.65. The van der Waals surface area contributed by atoms with Crippen molar-refractivity contribution in [2.45, 2.75) is 26.7 Å². The van der Waals surface area contributed by atoms with Gasteiger partial charge in [0.25, 0.3) is 0 Å². The molecule has 0 aliphatic carbocycles. The van der Waals surface area contributed by atoms with Gasteiger partial charge in [0, 0.05) is 13.5 Å². The van der Waals surface area contributed by atoms with Gasteiger partial charge in [-0.25, -0.2) is 8.42 Å². The van der Waals surface area contributed by atoms with Crippen LogP contribution in [0.5, 0.6) is 0 Å². The Morgan fingerprint density at radius 3 is 2.22 bits per heavy atom. The summed E-state index contributed by atoms with van der Waals surface area (Å²) in [5, 5.41) is 2.35. The highest BCUT2D eigenvalue weighted by Gasteiger charge is 2.26. The molecule has 0 radical (unpaired) electrons. The van der Waals surface area contributed by atoms with Crippen molar-refractivity contribution >= 4 is 21.7 Å². The van der Waals surface area contributed by atoms with Gasteiger partial charge >= 0.3 is 0 Å². The number of primary amides is 1. The summed E-state index contributed by atoms with van der Waals surface area (Å²) >= 11 is 0. The highest BCUT2D eigenvalue weighted by molar-refractivity contribution is 7.91. The van der Waals surface area contributed by atoms with Gasteiger partial charge in [-0.15, -0.1) is 0 Å². The minimum Gasteiger partial charge on any atom is -0.370 e. The van der Waals surface area contributed by atoms with Gasteiger partial charge in [0.15, 0.2) is 9.84 Å². The lowest BCUT2D eigenvalue weighted by atomic mass is 10.1. The third kappa shape index (κ3) is 7.26. The van der Waals surface area contributed by atoms with Gasteiger partial charge in [0.2, 0.25) is 11.8 Å². The van der Waals surface area contributed by atoms with Crippen LogP contribution in [0.25, 0.3) is 0 Å². The first-order valence-corrected chi connectivity index (χ1v) is 7.70. The first kappa shape index (κ1) is 16.9. The van der Waals surface area contributed by atoms with Crippen LogP contribution in [0, 0.1) is 11.8 Å². The van der Waals surface area contributed by atoms with Crippen molar-refractivity contribution in [3.05, 3.63) is 0 Å². The maximum Gasteiger partial charge on any atom is 0.224 e. The lowest BCUT2D eigenvalue weighted by molar-refractivity contribution is -0.128. The molecule has 0 aliphatic rings. The highest BCUT2D eigenvalue weighted by atomic mass is 32.2. The third-order valence-corrected chi connectivity index (χ3v) is 4.29. The van der Waals surface area contributed by atoms with E-state index in [0.717, 1.165) is 0 Å². The summed E-state index contributed by atoms with van der Waals surface area (Å²) in [4.78, 5) is 22.3. The molecule has 0 aliphatic heterocycles. The van der Waals surface area contributed by atoms with E-state index in [4.69, 9.17) is 5.73 Å². The van der Waals surface area contributed by atoms with Crippen molar-refractivity contribution in [3.63, 3.8) is 0 Å². The molecule has 0 fully saturated rings. The minimum atomic E-state index is -3.35. The van der Waals surface area contributed by atoms with Gasteiger partial charge in [-0.05, 0) is 12.3 Å². The van der Waals surface area contributed by atoms with Crippen LogP contribution < -0.4 is 11.1 Å². The Labute approximate surface area is 108 Å². The van der Waals surface area contributed by atoms with E-state index >= 15 is 0 Å². The summed E-state index contributed by atoms with van der Waals surface area (Å²) in [6.45, 7) is 3.85. The first-order chi connectivity index (χ1) is 8.18. The minimum absolute atomic E-state index is 0.0247. The van der Waals surface area contributed by atoms with Crippen LogP contribution in [0.2, 0.25) is 0 Å². The summed E-state index contributed by atoms with van der Waals surface area (Å²) in [5.74, 6) is -2.08. The monoisotopic (exact) mass is 278 g/mol. The number of carbonyl (C=O) groups is 2. The van der Waals surface area contributed by atoms with E-state index in [2.05, 4.69) is 5.32 Å². The molecule has 0 rings (SSSR count). The summed E-state index contributed by atoms with van der Waals surface area (Å²) in [6.07, 6.45) is 0.292. The first-order valence-electron chi connectivity index (χ1n) is 5.88. The summed E-state index contributed by atoms with van der Waals surface area (Å²) in [5.41, 5.74) is 5.01. The van der Waals surface area contributed by atoms with Crippen LogP contribution in [0.1, 0.15) is 26.7 Å². The lowest BCUT2D eigenvalue weighted by Gasteiger charge is -2.14. The van der Waals surface area contributed by atoms with Gasteiger partial charge in [0.1, 0.15) is 0 Å². The molecule has 0 bridgehead atoms. The fourth-order valence-electron chi connectivity index (χ4n) is 1.48. The molecule has 0 spiro atoms. The molecular weight excluding hydrogens is 256 g/mol. The molecule has 2 amide bonds. The van der Waals surface area contributed by atoms with Gasteiger partial charge < -0.3 is 11.1 Å². The molecule has 7 heteroatoms. The standard InChI is InChI=1S/C11H22N2O4S/c1-8(2)4-5-18(16,17)7-9(6-10(12)14)11(15)13-3/h8-9H,4-7H2,1-3H3,(H2,12,14)(H,13,15). The molecule has 0 saturated heterocycles. The van der Waals surface area contributed by atoms with E-state index in [1.807, 2.05) is 13.8 Å². The molecule has 18 heavy (non-hydrogen) atoms. The molecule has 0 aromatic carbocycles. The molecule has 106 valence electrons. The van der Waals surface area contributed by atoms with Crippen molar-refractivity contribution in [1.29, 1.82) is 0 Å². The number of nitrogens with two attached hydrogens (primary N) is 1. The number of carbonyl (C=O) groups excluding carboxylic acids is 2. The Hall–Kier alpha value is -1.11. The molecule has 0 saturated carbocycles. The van der Waals surface area contributed by atoms with Crippen LogP contribution in [0.3, 0.4) is 0 Å². The molecular formula is C11H22N2O4S. The normalized spacial score (nSPS) is 13.3. The highest BCUT2D eigenvalue weighted by Crippen LogP contribution is 2.11. The van der Waals surface area contributed by atoms with Gasteiger partial charge in [0.05, 0.1) is 17.4 Å². The average Bonchev–Trinajstić information content (AvgIpc) is 2.23. The fourth-order valence-corrected chi connectivity index (χ4v) is 3.36. The molecule has 6 nitrogen and oxygen atoms in total. The van der Waals surface area contributed by atoms with Gasteiger partial charge in [-0.1, -0.05) is 13.8 Å². The summed E-state index contributed by atoms with van der Waals surface area (Å²) in [6, 6.07) is 0. The zero-order valence-electron chi connectivity index (χ0n) is 11.1. The number of sulfone groups is 1. The fraction of sp³-hybridized carbons (Fsp3) is 0.818. The summed E-state index contributed by atoms with van der Waals surface area (Å²) in [7, 11) is -1.95. The second-order valence-corrected chi connectivity index (χ2v) is 7.01. The Bertz CT molecular complexity index is 390. The molecule has 0 heterocycles. The van der Waals surface area contributed by atoms with E-state index in [1.165, 1.54) is 7.05 Å². The Morgan fingerprint density at radius 2 is 1.83 bits per heavy atom. The lowest BCUT2D eigenvalue weighted by Crippen LogP contribution is -2.36. The Morgan fingerprint density at radius 1 is 1.28 bits per heavy atom. The third-order valence-electron chi connectivity index (χ3n) is 2.53.